The van der Waals surface area contributed by atoms with E-state index in [1.807, 2.05) is 0 Å². The van der Waals surface area contributed by atoms with Crippen LogP contribution in [0.1, 0.15) is 26.7 Å². The molecule has 0 bridgehead atoms. The van der Waals surface area contributed by atoms with Crippen LogP contribution in [0, 0.1) is 11.8 Å². The van der Waals surface area contributed by atoms with Crippen LogP contribution in [0.4, 0.5) is 0 Å². The molecular formula is C11H20ClN. The van der Waals surface area contributed by atoms with E-state index in [-0.39, 0.29) is 0 Å². The SMILES string of the molecule is CC[C@H]1CC=CN(C)C(CCl)[C@H]1C. The third kappa shape index (κ3) is 2.40. The molecule has 1 heterocycles. The van der Waals surface area contributed by atoms with Crippen LogP contribution in [0.25, 0.3) is 0 Å². The van der Waals surface area contributed by atoms with Crippen LogP contribution in [0.5, 0.6) is 0 Å². The van der Waals surface area contributed by atoms with Gasteiger partial charge in [-0.3, -0.25) is 0 Å². The first-order valence-corrected chi connectivity index (χ1v) is 5.68. The second-order valence-corrected chi connectivity index (χ2v) is 4.34. The number of nitrogens with zero attached hydrogens (tertiary/aromatic N) is 1. The lowest BCUT2D eigenvalue weighted by Crippen LogP contribution is -2.36. The van der Waals surface area contributed by atoms with Crippen molar-refractivity contribution < 1.29 is 0 Å². The van der Waals surface area contributed by atoms with E-state index in [1.165, 1.54) is 12.8 Å². The van der Waals surface area contributed by atoms with Gasteiger partial charge in [-0.05, 0) is 24.5 Å². The Hall–Kier alpha value is -0.170. The lowest BCUT2D eigenvalue weighted by atomic mass is 9.84. The normalized spacial score (nSPS) is 34.8. The molecular weight excluding hydrogens is 182 g/mol. The van der Waals surface area contributed by atoms with Gasteiger partial charge in [-0.2, -0.15) is 0 Å². The Balaban J connectivity index is 2.72. The number of hydrogen-bond acceptors (Lipinski definition) is 1. The minimum absolute atomic E-state index is 0.505. The van der Waals surface area contributed by atoms with Gasteiger partial charge in [0.2, 0.25) is 0 Å². The maximum atomic E-state index is 5.99. The summed E-state index contributed by atoms with van der Waals surface area (Å²) in [5.74, 6) is 2.23. The van der Waals surface area contributed by atoms with Crippen molar-refractivity contribution in [3.8, 4) is 0 Å². The van der Waals surface area contributed by atoms with Crippen molar-refractivity contribution in [3.05, 3.63) is 12.3 Å². The van der Waals surface area contributed by atoms with E-state index in [9.17, 15) is 0 Å². The summed E-state index contributed by atoms with van der Waals surface area (Å²) in [5, 5.41) is 0. The summed E-state index contributed by atoms with van der Waals surface area (Å²) in [6, 6.07) is 0.505. The van der Waals surface area contributed by atoms with Crippen LogP contribution in [0.15, 0.2) is 12.3 Å². The van der Waals surface area contributed by atoms with Gasteiger partial charge >= 0.3 is 0 Å². The zero-order valence-electron chi connectivity index (χ0n) is 8.83. The molecule has 1 rings (SSSR count). The molecule has 2 heteroatoms. The Bertz CT molecular complexity index is 179. The molecule has 0 radical (unpaired) electrons. The minimum Gasteiger partial charge on any atom is -0.376 e. The highest BCUT2D eigenvalue weighted by atomic mass is 35.5. The summed E-state index contributed by atoms with van der Waals surface area (Å²) in [7, 11) is 2.12. The monoisotopic (exact) mass is 201 g/mol. The lowest BCUT2D eigenvalue weighted by Gasteiger charge is -2.32. The molecule has 3 atom stereocenters. The average Bonchev–Trinajstić information content (AvgIpc) is 2.25. The highest BCUT2D eigenvalue weighted by molar-refractivity contribution is 6.18. The van der Waals surface area contributed by atoms with Gasteiger partial charge in [-0.25, -0.2) is 0 Å². The van der Waals surface area contributed by atoms with Crippen LogP contribution in [-0.2, 0) is 0 Å². The first-order chi connectivity index (χ1) is 6.20. The van der Waals surface area contributed by atoms with Gasteiger partial charge in [0.25, 0.3) is 0 Å². The van der Waals surface area contributed by atoms with Gasteiger partial charge in [0, 0.05) is 19.0 Å². The summed E-state index contributed by atoms with van der Waals surface area (Å²) in [6.07, 6.45) is 6.92. The number of rotatable bonds is 2. The lowest BCUT2D eigenvalue weighted by molar-refractivity contribution is 0.212. The van der Waals surface area contributed by atoms with E-state index in [0.717, 1.165) is 11.8 Å². The first-order valence-electron chi connectivity index (χ1n) is 5.15. The molecule has 0 amide bonds. The Labute approximate surface area is 86.8 Å². The van der Waals surface area contributed by atoms with Crippen LogP contribution in [0.3, 0.4) is 0 Å². The summed E-state index contributed by atoms with van der Waals surface area (Å²) < 4.78 is 0. The third-order valence-electron chi connectivity index (χ3n) is 3.34. The molecule has 0 aliphatic carbocycles. The number of allylic oxidation sites excluding steroid dienone is 1. The fourth-order valence-corrected chi connectivity index (χ4v) is 2.70. The summed E-state index contributed by atoms with van der Waals surface area (Å²) in [5.41, 5.74) is 0. The Kier molecular flexibility index (Phi) is 4.11. The Morgan fingerprint density at radius 2 is 2.23 bits per heavy atom. The molecule has 0 saturated carbocycles. The fourth-order valence-electron chi connectivity index (χ4n) is 2.20. The highest BCUT2D eigenvalue weighted by Gasteiger charge is 2.27. The zero-order chi connectivity index (χ0) is 9.84. The molecule has 0 fully saturated rings. The Morgan fingerprint density at radius 3 is 2.77 bits per heavy atom. The fraction of sp³-hybridized carbons (Fsp3) is 0.818. The quantitative estimate of drug-likeness (QED) is 0.621. The van der Waals surface area contributed by atoms with Gasteiger partial charge in [-0.15, -0.1) is 11.6 Å². The van der Waals surface area contributed by atoms with E-state index in [2.05, 4.69) is 38.1 Å². The summed E-state index contributed by atoms with van der Waals surface area (Å²) >= 11 is 5.99. The number of hydrogen-bond donors (Lipinski definition) is 0. The van der Waals surface area contributed by atoms with Crippen molar-refractivity contribution in [2.75, 3.05) is 12.9 Å². The van der Waals surface area contributed by atoms with Crippen LogP contribution in [-0.4, -0.2) is 23.9 Å². The van der Waals surface area contributed by atoms with E-state index < -0.39 is 0 Å². The highest BCUT2D eigenvalue weighted by Crippen LogP contribution is 2.28. The second kappa shape index (κ2) is 4.90. The number of alkyl halides is 1. The molecule has 1 nitrogen and oxygen atoms in total. The van der Waals surface area contributed by atoms with E-state index in [1.54, 1.807) is 0 Å². The van der Waals surface area contributed by atoms with Gasteiger partial charge < -0.3 is 4.90 Å². The van der Waals surface area contributed by atoms with Gasteiger partial charge in [-0.1, -0.05) is 26.3 Å². The van der Waals surface area contributed by atoms with Gasteiger partial charge in [0.05, 0.1) is 0 Å². The molecule has 76 valence electrons. The third-order valence-corrected chi connectivity index (χ3v) is 3.65. The molecule has 0 N–H and O–H groups in total. The van der Waals surface area contributed by atoms with Crippen molar-refractivity contribution in [1.82, 2.24) is 4.90 Å². The van der Waals surface area contributed by atoms with Crippen molar-refractivity contribution in [2.24, 2.45) is 11.8 Å². The topological polar surface area (TPSA) is 3.24 Å². The predicted octanol–water partition coefficient (Wildman–Crippen LogP) is 3.11. The van der Waals surface area contributed by atoms with Crippen molar-refractivity contribution >= 4 is 11.6 Å². The van der Waals surface area contributed by atoms with Crippen molar-refractivity contribution in [1.29, 1.82) is 0 Å². The van der Waals surface area contributed by atoms with Gasteiger partial charge in [0.15, 0.2) is 0 Å². The average molecular weight is 202 g/mol. The largest absolute Gasteiger partial charge is 0.376 e. The molecule has 0 aromatic carbocycles. The summed E-state index contributed by atoms with van der Waals surface area (Å²) in [4.78, 5) is 2.26. The second-order valence-electron chi connectivity index (χ2n) is 4.04. The molecule has 13 heavy (non-hydrogen) atoms. The molecule has 0 saturated heterocycles. The van der Waals surface area contributed by atoms with Crippen molar-refractivity contribution in [2.45, 2.75) is 32.7 Å². The Morgan fingerprint density at radius 1 is 1.54 bits per heavy atom. The van der Waals surface area contributed by atoms with Crippen LogP contribution < -0.4 is 0 Å². The van der Waals surface area contributed by atoms with E-state index in [4.69, 9.17) is 11.6 Å². The molecule has 1 unspecified atom stereocenters. The minimum atomic E-state index is 0.505. The van der Waals surface area contributed by atoms with Crippen LogP contribution >= 0.6 is 11.6 Å². The maximum absolute atomic E-state index is 5.99. The van der Waals surface area contributed by atoms with Crippen LogP contribution in [0.2, 0.25) is 0 Å². The molecule has 0 aromatic rings. The maximum Gasteiger partial charge on any atom is 0.0444 e. The molecule has 0 spiro atoms. The smallest absolute Gasteiger partial charge is 0.0444 e. The van der Waals surface area contributed by atoms with Crippen molar-refractivity contribution in [3.63, 3.8) is 0 Å². The van der Waals surface area contributed by atoms with Gasteiger partial charge in [0.1, 0.15) is 0 Å². The molecule has 0 aromatic heterocycles. The number of halogens is 1. The molecule has 1 aliphatic heterocycles. The first kappa shape index (κ1) is 10.9. The molecule has 1 aliphatic rings. The standard InChI is InChI=1S/C11H20ClN/c1-4-10-6-5-7-13(3)11(8-12)9(10)2/h5,7,9-11H,4,6,8H2,1-3H3/t9-,10-,11?/m0/s1. The predicted molar refractivity (Wildman–Crippen MR) is 59.0 cm³/mol. The van der Waals surface area contributed by atoms with E-state index >= 15 is 0 Å². The zero-order valence-corrected chi connectivity index (χ0v) is 9.59. The van der Waals surface area contributed by atoms with E-state index in [0.29, 0.717) is 12.0 Å². The summed E-state index contributed by atoms with van der Waals surface area (Å²) in [6.45, 7) is 4.59.